The minimum atomic E-state index is -0.0682. The number of carbonyl (C=O) groups excluding carboxylic acids is 1. The molecule has 0 spiro atoms. The first-order valence-electron chi connectivity index (χ1n) is 3.87. The lowest BCUT2D eigenvalue weighted by atomic mass is 10.1. The number of hydrogen-bond acceptors (Lipinski definition) is 2. The Morgan fingerprint density at radius 2 is 2.23 bits per heavy atom. The number of nitrogens with two attached hydrogens (primary N) is 1. The quantitative estimate of drug-likeness (QED) is 0.490. The van der Waals surface area contributed by atoms with Crippen LogP contribution in [0.1, 0.15) is 17.3 Å². The summed E-state index contributed by atoms with van der Waals surface area (Å²) in [7, 11) is 0. The van der Waals surface area contributed by atoms with Gasteiger partial charge in [-0.15, -0.1) is 0 Å². The highest BCUT2D eigenvalue weighted by molar-refractivity contribution is 9.10. The van der Waals surface area contributed by atoms with Gasteiger partial charge in [0.25, 0.3) is 0 Å². The molecule has 0 radical (unpaired) electrons. The van der Waals surface area contributed by atoms with E-state index < -0.39 is 0 Å². The van der Waals surface area contributed by atoms with E-state index in [0.717, 1.165) is 4.47 Å². The average molecular weight is 240 g/mol. The van der Waals surface area contributed by atoms with Crippen molar-refractivity contribution in [3.63, 3.8) is 0 Å². The molecule has 2 N–H and O–H groups in total. The smallest absolute Gasteiger partial charge is 0.187 e. The molecule has 2 nitrogen and oxygen atoms in total. The van der Waals surface area contributed by atoms with E-state index >= 15 is 0 Å². The lowest BCUT2D eigenvalue weighted by Gasteiger charge is -2.01. The van der Waals surface area contributed by atoms with Crippen molar-refractivity contribution in [2.75, 3.05) is 5.73 Å². The van der Waals surface area contributed by atoms with Crippen molar-refractivity contribution in [1.29, 1.82) is 0 Å². The molecule has 1 rings (SSSR count). The van der Waals surface area contributed by atoms with E-state index in [1.807, 2.05) is 6.07 Å². The summed E-state index contributed by atoms with van der Waals surface area (Å²) in [6.45, 7) is 1.80. The molecule has 3 heteroatoms. The minimum absolute atomic E-state index is 0.0682. The van der Waals surface area contributed by atoms with Gasteiger partial charge in [0.05, 0.1) is 0 Å². The van der Waals surface area contributed by atoms with Crippen LogP contribution in [0.5, 0.6) is 0 Å². The van der Waals surface area contributed by atoms with Gasteiger partial charge in [0.15, 0.2) is 5.78 Å². The predicted molar refractivity (Wildman–Crippen MR) is 57.7 cm³/mol. The molecule has 0 fully saturated rings. The van der Waals surface area contributed by atoms with Crippen molar-refractivity contribution in [2.45, 2.75) is 6.92 Å². The van der Waals surface area contributed by atoms with Crippen LogP contribution >= 0.6 is 15.9 Å². The van der Waals surface area contributed by atoms with Gasteiger partial charge in [-0.25, -0.2) is 0 Å². The summed E-state index contributed by atoms with van der Waals surface area (Å²) in [4.78, 5) is 11.4. The first-order valence-corrected chi connectivity index (χ1v) is 4.66. The number of rotatable bonds is 2. The van der Waals surface area contributed by atoms with Crippen LogP contribution in [0, 0.1) is 0 Å². The van der Waals surface area contributed by atoms with Crippen LogP contribution in [-0.2, 0) is 0 Å². The molecule has 0 aliphatic heterocycles. The highest BCUT2D eigenvalue weighted by Crippen LogP contribution is 2.19. The number of hydrogen-bond donors (Lipinski definition) is 1. The summed E-state index contributed by atoms with van der Waals surface area (Å²) < 4.78 is 0.856. The Balaban J connectivity index is 3.13. The summed E-state index contributed by atoms with van der Waals surface area (Å²) >= 11 is 3.28. The van der Waals surface area contributed by atoms with Crippen LogP contribution in [0.3, 0.4) is 0 Å². The highest BCUT2D eigenvalue weighted by Gasteiger charge is 2.05. The van der Waals surface area contributed by atoms with Crippen LogP contribution in [0.25, 0.3) is 0 Å². The van der Waals surface area contributed by atoms with Crippen molar-refractivity contribution in [2.24, 2.45) is 0 Å². The van der Waals surface area contributed by atoms with Crippen LogP contribution in [0.15, 0.2) is 34.8 Å². The second-order valence-electron chi connectivity index (χ2n) is 2.60. The number of carbonyl (C=O) groups is 1. The molecule has 0 amide bonds. The molecule has 0 saturated carbocycles. The fraction of sp³-hybridized carbons (Fsp3) is 0.100. The van der Waals surface area contributed by atoms with E-state index in [-0.39, 0.29) is 5.78 Å². The third-order valence-corrected chi connectivity index (χ3v) is 2.09. The summed E-state index contributed by atoms with van der Waals surface area (Å²) in [5.74, 6) is -0.0682. The van der Waals surface area contributed by atoms with Gasteiger partial charge in [0.1, 0.15) is 0 Å². The second kappa shape index (κ2) is 4.23. The van der Waals surface area contributed by atoms with E-state index in [1.54, 1.807) is 25.1 Å². The molecule has 68 valence electrons. The van der Waals surface area contributed by atoms with E-state index in [0.29, 0.717) is 11.3 Å². The molecule has 0 aromatic heterocycles. The standard InChI is InChI=1S/C10H10BrNO/c1-2-3-10(13)8-6-7(11)4-5-9(8)12/h2-6H,12H2,1H3/b3-2+. The number of allylic oxidation sites excluding steroid dienone is 2. The van der Waals surface area contributed by atoms with Crippen LogP contribution < -0.4 is 5.73 Å². The van der Waals surface area contributed by atoms with Crippen LogP contribution in [0.2, 0.25) is 0 Å². The molecular formula is C10H10BrNO. The zero-order chi connectivity index (χ0) is 9.84. The van der Waals surface area contributed by atoms with Gasteiger partial charge in [0.2, 0.25) is 0 Å². The summed E-state index contributed by atoms with van der Waals surface area (Å²) in [5, 5.41) is 0. The molecule has 0 aliphatic carbocycles. The minimum Gasteiger partial charge on any atom is -0.398 e. The Morgan fingerprint density at radius 3 is 2.85 bits per heavy atom. The molecule has 0 saturated heterocycles. The number of nitrogen functional groups attached to an aromatic ring is 1. The fourth-order valence-electron chi connectivity index (χ4n) is 0.983. The van der Waals surface area contributed by atoms with Crippen molar-refractivity contribution < 1.29 is 4.79 Å². The lowest BCUT2D eigenvalue weighted by molar-refractivity contribution is 0.104. The highest BCUT2D eigenvalue weighted by atomic mass is 79.9. The van der Waals surface area contributed by atoms with Gasteiger partial charge in [-0.3, -0.25) is 4.79 Å². The van der Waals surface area contributed by atoms with E-state index in [2.05, 4.69) is 15.9 Å². The first kappa shape index (κ1) is 9.99. The molecule has 0 aliphatic rings. The Hall–Kier alpha value is -1.09. The van der Waals surface area contributed by atoms with Crippen molar-refractivity contribution in [3.8, 4) is 0 Å². The van der Waals surface area contributed by atoms with Gasteiger partial charge in [-0.05, 0) is 31.2 Å². The van der Waals surface area contributed by atoms with Crippen molar-refractivity contribution in [1.82, 2.24) is 0 Å². The van der Waals surface area contributed by atoms with E-state index in [4.69, 9.17) is 5.73 Å². The molecule has 13 heavy (non-hydrogen) atoms. The number of halogens is 1. The first-order chi connectivity index (χ1) is 6.15. The van der Waals surface area contributed by atoms with Gasteiger partial charge < -0.3 is 5.73 Å². The Morgan fingerprint density at radius 1 is 1.54 bits per heavy atom. The number of benzene rings is 1. The summed E-state index contributed by atoms with van der Waals surface area (Å²) in [5.41, 5.74) is 6.69. The molecule has 0 heterocycles. The summed E-state index contributed by atoms with van der Waals surface area (Å²) in [6.07, 6.45) is 3.20. The molecule has 0 bridgehead atoms. The molecular weight excluding hydrogens is 230 g/mol. The maximum atomic E-state index is 11.4. The van der Waals surface area contributed by atoms with Gasteiger partial charge in [-0.1, -0.05) is 22.0 Å². The fourth-order valence-corrected chi connectivity index (χ4v) is 1.34. The molecule has 1 aromatic carbocycles. The van der Waals surface area contributed by atoms with Crippen molar-refractivity contribution in [3.05, 3.63) is 40.4 Å². The molecule has 1 aromatic rings. The average Bonchev–Trinajstić information content (AvgIpc) is 2.09. The third kappa shape index (κ3) is 2.42. The predicted octanol–water partition coefficient (Wildman–Crippen LogP) is 2.79. The topological polar surface area (TPSA) is 43.1 Å². The van der Waals surface area contributed by atoms with Crippen LogP contribution in [-0.4, -0.2) is 5.78 Å². The Labute approximate surface area is 85.6 Å². The Kier molecular flexibility index (Phi) is 3.25. The molecule has 0 atom stereocenters. The van der Waals surface area contributed by atoms with Gasteiger partial charge in [-0.2, -0.15) is 0 Å². The third-order valence-electron chi connectivity index (χ3n) is 1.60. The lowest BCUT2D eigenvalue weighted by Crippen LogP contribution is -2.00. The zero-order valence-electron chi connectivity index (χ0n) is 7.25. The second-order valence-corrected chi connectivity index (χ2v) is 3.51. The van der Waals surface area contributed by atoms with E-state index in [1.165, 1.54) is 6.08 Å². The number of ketones is 1. The Bertz CT molecular complexity index is 358. The maximum absolute atomic E-state index is 11.4. The van der Waals surface area contributed by atoms with Gasteiger partial charge >= 0.3 is 0 Å². The summed E-state index contributed by atoms with van der Waals surface area (Å²) in [6, 6.07) is 5.24. The largest absolute Gasteiger partial charge is 0.398 e. The van der Waals surface area contributed by atoms with Crippen LogP contribution in [0.4, 0.5) is 5.69 Å². The number of anilines is 1. The van der Waals surface area contributed by atoms with Gasteiger partial charge in [0, 0.05) is 15.7 Å². The normalized spacial score (nSPS) is 10.6. The van der Waals surface area contributed by atoms with Crippen molar-refractivity contribution >= 4 is 27.4 Å². The van der Waals surface area contributed by atoms with E-state index in [9.17, 15) is 4.79 Å². The maximum Gasteiger partial charge on any atom is 0.187 e. The monoisotopic (exact) mass is 239 g/mol. The zero-order valence-corrected chi connectivity index (χ0v) is 8.84. The molecule has 0 unspecified atom stereocenters. The SMILES string of the molecule is C/C=C/C(=O)c1cc(Br)ccc1N.